The van der Waals surface area contributed by atoms with E-state index in [0.29, 0.717) is 0 Å². The molecule has 3 rings (SSSR count). The quantitative estimate of drug-likeness (QED) is 0.566. The lowest BCUT2D eigenvalue weighted by atomic mass is 10.2. The Morgan fingerprint density at radius 2 is 1.14 bits per heavy atom. The summed E-state index contributed by atoms with van der Waals surface area (Å²) in [5, 5.41) is 2.58. The molecule has 3 aromatic rings. The van der Waals surface area contributed by atoms with Gasteiger partial charge in [0.15, 0.2) is 0 Å². The van der Waals surface area contributed by atoms with Crippen molar-refractivity contribution in [2.45, 2.75) is 0 Å². The molecule has 0 fully saturated rings. The number of aromatic nitrogens is 1. The second kappa shape index (κ2) is 2.85. The molecule has 0 aliphatic heterocycles. The van der Waals surface area contributed by atoms with Crippen molar-refractivity contribution in [3.63, 3.8) is 0 Å². The van der Waals surface area contributed by atoms with Crippen LogP contribution in [0.2, 0.25) is 0 Å². The fraction of sp³-hybridized carbons (Fsp3) is 0. The van der Waals surface area contributed by atoms with E-state index in [-0.39, 0.29) is 0 Å². The Morgan fingerprint density at radius 3 is 1.64 bits per heavy atom. The van der Waals surface area contributed by atoms with Crippen molar-refractivity contribution >= 4 is 38.0 Å². The molecule has 0 amide bonds. The van der Waals surface area contributed by atoms with Crippen molar-refractivity contribution in [3.8, 4) is 0 Å². The van der Waals surface area contributed by atoms with E-state index in [1.807, 2.05) is 0 Å². The standard InChI is InChI=1S/C12H8BrN/c13-14-11-7-3-1-5-9(11)10-6-2-4-8-12(10)14/h1-8H. The number of benzene rings is 2. The molecule has 0 atom stereocenters. The lowest BCUT2D eigenvalue weighted by Crippen LogP contribution is -1.75. The highest BCUT2D eigenvalue weighted by Crippen LogP contribution is 2.29. The molecule has 2 aromatic carbocycles. The first-order chi connectivity index (χ1) is 6.88. The summed E-state index contributed by atoms with van der Waals surface area (Å²) in [6, 6.07) is 16.8. The van der Waals surface area contributed by atoms with Crippen molar-refractivity contribution in [3.05, 3.63) is 48.5 Å². The molecule has 1 heterocycles. The van der Waals surface area contributed by atoms with Crippen LogP contribution in [0.4, 0.5) is 0 Å². The van der Waals surface area contributed by atoms with E-state index in [1.54, 1.807) is 0 Å². The van der Waals surface area contributed by atoms with Crippen LogP contribution in [0.1, 0.15) is 0 Å². The Kier molecular flexibility index (Phi) is 1.64. The molecule has 1 nitrogen and oxygen atoms in total. The van der Waals surface area contributed by atoms with E-state index >= 15 is 0 Å². The molecule has 14 heavy (non-hydrogen) atoms. The van der Waals surface area contributed by atoms with Crippen LogP contribution < -0.4 is 0 Å². The van der Waals surface area contributed by atoms with Gasteiger partial charge < -0.3 is 0 Å². The second-order valence-electron chi connectivity index (χ2n) is 3.32. The maximum atomic E-state index is 3.57. The molecule has 0 aliphatic rings. The Morgan fingerprint density at radius 1 is 0.714 bits per heavy atom. The summed E-state index contributed by atoms with van der Waals surface area (Å²) in [6.45, 7) is 0. The zero-order chi connectivity index (χ0) is 9.54. The van der Waals surface area contributed by atoms with Crippen molar-refractivity contribution < 1.29 is 0 Å². The van der Waals surface area contributed by atoms with Crippen LogP contribution in [0.5, 0.6) is 0 Å². The predicted molar refractivity (Wildman–Crippen MR) is 63.8 cm³/mol. The molecular weight excluding hydrogens is 238 g/mol. The SMILES string of the molecule is Brn1c2ccccc2c2ccccc21. The molecule has 0 radical (unpaired) electrons. The lowest BCUT2D eigenvalue weighted by Gasteiger charge is -1.92. The summed E-state index contributed by atoms with van der Waals surface area (Å²) < 4.78 is 2.05. The third-order valence-electron chi connectivity index (χ3n) is 2.52. The van der Waals surface area contributed by atoms with Gasteiger partial charge in [-0.25, -0.2) is 0 Å². The molecule has 2 heteroatoms. The van der Waals surface area contributed by atoms with E-state index in [4.69, 9.17) is 0 Å². The van der Waals surface area contributed by atoms with Gasteiger partial charge in [0.2, 0.25) is 0 Å². The third-order valence-corrected chi connectivity index (χ3v) is 3.29. The van der Waals surface area contributed by atoms with Gasteiger partial charge in [0.25, 0.3) is 0 Å². The fourth-order valence-corrected chi connectivity index (χ4v) is 2.49. The maximum absolute atomic E-state index is 3.57. The average Bonchev–Trinajstić information content (AvgIpc) is 2.55. The molecule has 0 spiro atoms. The first-order valence-corrected chi connectivity index (χ1v) is 5.23. The molecule has 1 aromatic heterocycles. The highest BCUT2D eigenvalue weighted by Gasteiger charge is 2.06. The average molecular weight is 246 g/mol. The van der Waals surface area contributed by atoms with Crippen molar-refractivity contribution in [2.24, 2.45) is 0 Å². The maximum Gasteiger partial charge on any atom is 0.0604 e. The van der Waals surface area contributed by atoms with E-state index in [9.17, 15) is 0 Å². The molecule has 0 aliphatic carbocycles. The van der Waals surface area contributed by atoms with E-state index in [0.717, 1.165) is 0 Å². The van der Waals surface area contributed by atoms with Crippen LogP contribution in [0, 0.1) is 0 Å². The summed E-state index contributed by atoms with van der Waals surface area (Å²) in [7, 11) is 0. The van der Waals surface area contributed by atoms with E-state index in [2.05, 4.69) is 68.3 Å². The first-order valence-electron chi connectivity index (χ1n) is 4.52. The van der Waals surface area contributed by atoms with Crippen LogP contribution in [0.3, 0.4) is 0 Å². The van der Waals surface area contributed by atoms with Crippen molar-refractivity contribution in [1.29, 1.82) is 0 Å². The van der Waals surface area contributed by atoms with E-state index in [1.165, 1.54) is 21.8 Å². The van der Waals surface area contributed by atoms with Gasteiger partial charge in [-0.15, -0.1) is 0 Å². The van der Waals surface area contributed by atoms with Crippen LogP contribution in [-0.2, 0) is 0 Å². The van der Waals surface area contributed by atoms with Gasteiger partial charge in [-0.3, -0.25) is 3.59 Å². The van der Waals surface area contributed by atoms with Crippen molar-refractivity contribution in [1.82, 2.24) is 3.59 Å². The molecule has 0 bridgehead atoms. The van der Waals surface area contributed by atoms with Gasteiger partial charge in [0.05, 0.1) is 27.2 Å². The third kappa shape index (κ3) is 0.946. The zero-order valence-electron chi connectivity index (χ0n) is 7.44. The largest absolute Gasteiger partial charge is 0.276 e. The monoisotopic (exact) mass is 245 g/mol. The van der Waals surface area contributed by atoms with Gasteiger partial charge in [-0.1, -0.05) is 36.4 Å². The number of rotatable bonds is 0. The minimum atomic E-state index is 1.22. The van der Waals surface area contributed by atoms with Gasteiger partial charge in [-0.05, 0) is 12.1 Å². The highest BCUT2D eigenvalue weighted by atomic mass is 79.9. The van der Waals surface area contributed by atoms with Crippen LogP contribution in [0.25, 0.3) is 21.8 Å². The van der Waals surface area contributed by atoms with Crippen LogP contribution in [0.15, 0.2) is 48.5 Å². The number of fused-ring (bicyclic) bond motifs is 3. The second-order valence-corrected chi connectivity index (χ2v) is 4.02. The van der Waals surface area contributed by atoms with Gasteiger partial charge in [0.1, 0.15) is 0 Å². The van der Waals surface area contributed by atoms with Gasteiger partial charge in [0, 0.05) is 10.8 Å². The number of nitrogens with zero attached hydrogens (tertiary/aromatic N) is 1. The number of para-hydroxylation sites is 2. The number of hydrogen-bond acceptors (Lipinski definition) is 0. The normalized spacial score (nSPS) is 11.2. The summed E-state index contributed by atoms with van der Waals surface area (Å²) in [4.78, 5) is 0. The van der Waals surface area contributed by atoms with Gasteiger partial charge >= 0.3 is 0 Å². The summed E-state index contributed by atoms with van der Waals surface area (Å²) in [6.07, 6.45) is 0. The van der Waals surface area contributed by atoms with Crippen molar-refractivity contribution in [2.75, 3.05) is 0 Å². The van der Waals surface area contributed by atoms with Crippen LogP contribution in [-0.4, -0.2) is 3.59 Å². The topological polar surface area (TPSA) is 4.93 Å². The molecular formula is C12H8BrN. The molecule has 0 unspecified atom stereocenters. The molecule has 0 saturated heterocycles. The predicted octanol–water partition coefficient (Wildman–Crippen LogP) is 3.95. The van der Waals surface area contributed by atoms with Crippen LogP contribution >= 0.6 is 16.1 Å². The molecule has 68 valence electrons. The smallest absolute Gasteiger partial charge is 0.0604 e. The molecule has 0 N–H and O–H groups in total. The Labute approximate surface area is 90.3 Å². The molecule has 0 saturated carbocycles. The van der Waals surface area contributed by atoms with Gasteiger partial charge in [-0.2, -0.15) is 0 Å². The zero-order valence-corrected chi connectivity index (χ0v) is 9.03. The Hall–Kier alpha value is -1.28. The number of hydrogen-bond donors (Lipinski definition) is 0. The summed E-state index contributed by atoms with van der Waals surface area (Å²) in [5.74, 6) is 0. The lowest BCUT2D eigenvalue weighted by molar-refractivity contribution is 1.46. The number of halogens is 1. The highest BCUT2D eigenvalue weighted by molar-refractivity contribution is 9.08. The minimum absolute atomic E-state index is 1.22. The minimum Gasteiger partial charge on any atom is -0.276 e. The fourth-order valence-electron chi connectivity index (χ4n) is 1.87. The Bertz CT molecular complexity index is 557. The van der Waals surface area contributed by atoms with E-state index < -0.39 is 0 Å². The summed E-state index contributed by atoms with van der Waals surface area (Å²) in [5.41, 5.74) is 2.43. The Balaban J connectivity index is 2.69. The summed E-state index contributed by atoms with van der Waals surface area (Å²) >= 11 is 3.57. The first kappa shape index (κ1) is 8.06.